The van der Waals surface area contributed by atoms with Crippen LogP contribution in [0.5, 0.6) is 0 Å². The number of amides is 2. The number of hydrogen-bond acceptors (Lipinski definition) is 7. The van der Waals surface area contributed by atoms with Crippen molar-refractivity contribution in [1.29, 1.82) is 0 Å². The number of fused-ring (bicyclic) bond motifs is 1. The van der Waals surface area contributed by atoms with Crippen LogP contribution in [0.3, 0.4) is 0 Å². The fourth-order valence-electron chi connectivity index (χ4n) is 5.30. The third-order valence-electron chi connectivity index (χ3n) is 7.21. The number of nitrogens with one attached hydrogen (secondary N) is 1. The third kappa shape index (κ3) is 4.20. The molecule has 0 spiro atoms. The second-order valence-electron chi connectivity index (χ2n) is 9.47. The van der Waals surface area contributed by atoms with E-state index in [9.17, 15) is 18.8 Å². The van der Waals surface area contributed by atoms with Gasteiger partial charge in [0, 0.05) is 5.56 Å². The molecule has 2 aromatic rings. The Kier molecular flexibility index (Phi) is 6.11. The Morgan fingerprint density at radius 3 is 2.76 bits per heavy atom. The molecule has 10 nitrogen and oxygen atoms in total. The third-order valence-corrected chi connectivity index (χ3v) is 7.21. The van der Waals surface area contributed by atoms with Gasteiger partial charge in [0.2, 0.25) is 5.91 Å². The van der Waals surface area contributed by atoms with E-state index in [0.29, 0.717) is 17.2 Å². The highest BCUT2D eigenvalue weighted by Gasteiger charge is 2.54. The molecule has 1 N–H and O–H groups in total. The van der Waals surface area contributed by atoms with Gasteiger partial charge in [0.15, 0.2) is 5.78 Å². The van der Waals surface area contributed by atoms with E-state index < -0.39 is 36.2 Å². The molecule has 1 aliphatic carbocycles. The number of carbonyl (C=O) groups excluding carboxylic acids is 3. The molecule has 3 fully saturated rings. The lowest BCUT2D eigenvalue weighted by Gasteiger charge is -2.35. The van der Waals surface area contributed by atoms with Crippen molar-refractivity contribution in [3.63, 3.8) is 0 Å². The van der Waals surface area contributed by atoms with Crippen LogP contribution in [0.25, 0.3) is 5.69 Å². The van der Waals surface area contributed by atoms with E-state index in [4.69, 9.17) is 4.74 Å². The molecule has 180 valence electrons. The average Bonchev–Trinajstić information content (AvgIpc) is 3.58. The maximum Gasteiger partial charge on any atom is 0.252 e. The summed E-state index contributed by atoms with van der Waals surface area (Å²) >= 11 is 0. The van der Waals surface area contributed by atoms with Gasteiger partial charge in [-0.25, -0.2) is 9.07 Å². The molecule has 5 rings (SSSR count). The number of ether oxygens (including phenoxy) is 1. The van der Waals surface area contributed by atoms with E-state index in [1.165, 1.54) is 15.9 Å². The Morgan fingerprint density at radius 2 is 2.03 bits per heavy atom. The van der Waals surface area contributed by atoms with Crippen LogP contribution in [0.15, 0.2) is 30.6 Å². The minimum absolute atomic E-state index is 0.0927. The van der Waals surface area contributed by atoms with Crippen LogP contribution in [-0.2, 0) is 14.3 Å². The molecule has 2 aliphatic heterocycles. The zero-order valence-corrected chi connectivity index (χ0v) is 18.8. The van der Waals surface area contributed by atoms with Crippen LogP contribution in [0, 0.1) is 11.8 Å². The monoisotopic (exact) mass is 470 g/mol. The first-order chi connectivity index (χ1) is 16.4. The van der Waals surface area contributed by atoms with Crippen molar-refractivity contribution in [2.45, 2.75) is 57.0 Å². The van der Waals surface area contributed by atoms with E-state index >= 15 is 0 Å². The maximum atomic E-state index is 14.5. The number of aromatic nitrogens is 4. The highest BCUT2D eigenvalue weighted by atomic mass is 19.1. The number of tetrazole rings is 1. The molecular formula is C23H27FN6O4. The Bertz CT molecular complexity index is 1070. The minimum Gasteiger partial charge on any atom is -0.365 e. The molecule has 3 heterocycles. The van der Waals surface area contributed by atoms with Gasteiger partial charge in [-0.3, -0.25) is 14.4 Å². The first-order valence-electron chi connectivity index (χ1n) is 11.7. The number of nitrogens with zero attached hydrogens (tertiary/aromatic N) is 5. The van der Waals surface area contributed by atoms with Gasteiger partial charge in [-0.2, -0.15) is 0 Å². The summed E-state index contributed by atoms with van der Waals surface area (Å²) in [5, 5.41) is 14.0. The number of alkyl halides is 1. The summed E-state index contributed by atoms with van der Waals surface area (Å²) in [6.07, 6.45) is 2.51. The lowest BCUT2D eigenvalue weighted by molar-refractivity contribution is -0.139. The normalized spacial score (nSPS) is 29.6. The minimum atomic E-state index is -1.42. The SMILES string of the molecule is CC1CCC([C@H](NC(=O)c2cccc(-n3cnnn3)c2)C(=O)N2C[C@H](F)[C@H]3OCC(=O)[C@H]32)CC1. The van der Waals surface area contributed by atoms with E-state index in [0.717, 1.165) is 25.7 Å². The predicted molar refractivity (Wildman–Crippen MR) is 117 cm³/mol. The highest BCUT2D eigenvalue weighted by Crippen LogP contribution is 2.34. The maximum absolute atomic E-state index is 14.5. The van der Waals surface area contributed by atoms with Gasteiger partial charge < -0.3 is 15.0 Å². The fourth-order valence-corrected chi connectivity index (χ4v) is 5.30. The molecule has 3 aliphatic rings. The molecule has 0 radical (unpaired) electrons. The number of ketones is 1. The van der Waals surface area contributed by atoms with Crippen LogP contribution in [0.2, 0.25) is 0 Å². The summed E-state index contributed by atoms with van der Waals surface area (Å²) in [5.41, 5.74) is 0.946. The van der Waals surface area contributed by atoms with Crippen LogP contribution in [0.1, 0.15) is 43.0 Å². The summed E-state index contributed by atoms with van der Waals surface area (Å²) in [7, 11) is 0. The van der Waals surface area contributed by atoms with E-state index in [2.05, 4.69) is 27.8 Å². The Balaban J connectivity index is 1.39. The fraction of sp³-hybridized carbons (Fsp3) is 0.565. The molecule has 1 saturated carbocycles. The Hall–Kier alpha value is -3.21. The number of hydrogen-bond donors (Lipinski definition) is 1. The van der Waals surface area contributed by atoms with Crippen molar-refractivity contribution >= 4 is 17.6 Å². The molecule has 0 bridgehead atoms. The Labute approximate surface area is 195 Å². The van der Waals surface area contributed by atoms with Gasteiger partial charge in [0.05, 0.1) is 12.2 Å². The number of rotatable bonds is 5. The van der Waals surface area contributed by atoms with Crippen molar-refractivity contribution in [2.24, 2.45) is 11.8 Å². The van der Waals surface area contributed by atoms with E-state index in [-0.39, 0.29) is 24.9 Å². The molecule has 34 heavy (non-hydrogen) atoms. The van der Waals surface area contributed by atoms with Crippen LogP contribution < -0.4 is 5.32 Å². The zero-order valence-electron chi connectivity index (χ0n) is 18.8. The van der Waals surface area contributed by atoms with Crippen molar-refractivity contribution in [3.8, 4) is 5.69 Å². The molecule has 1 aromatic carbocycles. The van der Waals surface area contributed by atoms with Crippen molar-refractivity contribution in [3.05, 3.63) is 36.2 Å². The molecule has 11 heteroatoms. The standard InChI is InChI=1S/C23H27FN6O4/c1-13-5-7-14(8-6-13)19(23(33)29-10-17(24)21-20(29)18(31)11-34-21)26-22(32)15-3-2-4-16(9-15)30-12-25-27-28-30/h2-4,9,12-14,17,19-21H,5-8,10-11H2,1H3,(H,26,32)/t13?,14?,17-,19-,20+,21+/m0/s1. The first-order valence-corrected chi connectivity index (χ1v) is 11.7. The van der Waals surface area contributed by atoms with Gasteiger partial charge >= 0.3 is 0 Å². The summed E-state index contributed by atoms with van der Waals surface area (Å²) in [4.78, 5) is 40.6. The molecular weight excluding hydrogens is 443 g/mol. The predicted octanol–water partition coefficient (Wildman–Crippen LogP) is 1.10. The zero-order chi connectivity index (χ0) is 23.8. The molecule has 4 atom stereocenters. The van der Waals surface area contributed by atoms with Gasteiger partial charge in [0.1, 0.15) is 37.3 Å². The van der Waals surface area contributed by atoms with Crippen molar-refractivity contribution in [1.82, 2.24) is 30.4 Å². The largest absolute Gasteiger partial charge is 0.365 e. The van der Waals surface area contributed by atoms with Crippen molar-refractivity contribution < 1.29 is 23.5 Å². The lowest BCUT2D eigenvalue weighted by Crippen LogP contribution is -2.55. The van der Waals surface area contributed by atoms with Crippen LogP contribution in [-0.4, -0.2) is 80.2 Å². The van der Waals surface area contributed by atoms with Gasteiger partial charge in [0.25, 0.3) is 5.91 Å². The van der Waals surface area contributed by atoms with E-state index in [1.807, 2.05) is 0 Å². The van der Waals surface area contributed by atoms with Crippen LogP contribution in [0.4, 0.5) is 4.39 Å². The first kappa shape index (κ1) is 22.6. The number of halogens is 1. The molecule has 1 aromatic heterocycles. The number of benzene rings is 1. The molecule has 2 amide bonds. The van der Waals surface area contributed by atoms with Gasteiger partial charge in [-0.15, -0.1) is 5.10 Å². The second-order valence-corrected chi connectivity index (χ2v) is 9.47. The quantitative estimate of drug-likeness (QED) is 0.695. The molecule has 0 unspecified atom stereocenters. The van der Waals surface area contributed by atoms with E-state index in [1.54, 1.807) is 24.3 Å². The smallest absolute Gasteiger partial charge is 0.252 e. The van der Waals surface area contributed by atoms with Crippen LogP contribution >= 0.6 is 0 Å². The van der Waals surface area contributed by atoms with Gasteiger partial charge in [-0.05, 0) is 53.3 Å². The lowest BCUT2D eigenvalue weighted by atomic mass is 9.78. The second kappa shape index (κ2) is 9.21. The Morgan fingerprint density at radius 1 is 1.24 bits per heavy atom. The summed E-state index contributed by atoms with van der Waals surface area (Å²) < 4.78 is 21.3. The average molecular weight is 471 g/mol. The number of Topliss-reactive ketones (excluding diaryl/α,β-unsaturated/α-hetero) is 1. The van der Waals surface area contributed by atoms with Crippen molar-refractivity contribution in [2.75, 3.05) is 13.2 Å². The molecule has 2 saturated heterocycles. The summed E-state index contributed by atoms with van der Waals surface area (Å²) in [5.74, 6) is -0.682. The highest BCUT2D eigenvalue weighted by molar-refractivity contribution is 5.99. The summed E-state index contributed by atoms with van der Waals surface area (Å²) in [6.45, 7) is 1.77. The van der Waals surface area contributed by atoms with Gasteiger partial charge in [-0.1, -0.05) is 25.8 Å². The summed E-state index contributed by atoms with van der Waals surface area (Å²) in [6, 6.07) is 4.97. The topological polar surface area (TPSA) is 119 Å². The number of likely N-dealkylation sites (tertiary alicyclic amines) is 1. The number of carbonyl (C=O) groups is 3.